The number of thioether (sulfide) groups is 1. The van der Waals surface area contributed by atoms with Gasteiger partial charge in [0, 0.05) is 26.8 Å². The number of nitrogens with two attached hydrogens (primary N) is 1. The van der Waals surface area contributed by atoms with E-state index in [4.69, 9.17) is 21.5 Å². The summed E-state index contributed by atoms with van der Waals surface area (Å²) in [6.45, 7) is -0.261. The van der Waals surface area contributed by atoms with Crippen LogP contribution < -0.4 is 25.0 Å². The Morgan fingerprint density at radius 3 is 2.24 bits per heavy atom. The molecule has 4 aliphatic rings. The van der Waals surface area contributed by atoms with Crippen LogP contribution in [0.1, 0.15) is 22.8 Å². The van der Waals surface area contributed by atoms with E-state index in [0.717, 1.165) is 28.2 Å². The largest absolute Gasteiger partial charge is 0.497 e. The number of aromatic nitrogens is 1. The maximum absolute atomic E-state index is 14.0. The van der Waals surface area contributed by atoms with Crippen LogP contribution in [-0.4, -0.2) is 43.1 Å². The van der Waals surface area contributed by atoms with Gasteiger partial charge >= 0.3 is 4.87 Å². The van der Waals surface area contributed by atoms with Crippen LogP contribution in [0.25, 0.3) is 0 Å². The van der Waals surface area contributed by atoms with Crippen LogP contribution in [-0.2, 0) is 31.0 Å². The third-order valence-electron chi connectivity index (χ3n) is 10.3. The number of primary sulfonamides is 1. The highest BCUT2D eigenvalue weighted by molar-refractivity contribution is 8.00. The van der Waals surface area contributed by atoms with Crippen LogP contribution >= 0.6 is 34.7 Å². The Morgan fingerprint density at radius 2 is 1.61 bits per heavy atom. The van der Waals surface area contributed by atoms with E-state index in [9.17, 15) is 27.6 Å². The smallest absolute Gasteiger partial charge is 0.308 e. The van der Waals surface area contributed by atoms with Crippen molar-refractivity contribution in [2.45, 2.75) is 34.1 Å². The van der Waals surface area contributed by atoms with Gasteiger partial charge in [-0.2, -0.15) is 0 Å². The number of nitrogens with zero attached hydrogens (tertiary/aromatic N) is 2. The number of thiazole rings is 1. The number of hydrogen-bond acceptors (Lipinski definition) is 9. The zero-order valence-corrected chi connectivity index (χ0v) is 29.0. The number of hydrogen-bond donors (Lipinski definition) is 2. The normalized spacial score (nSPS) is 26.8. The van der Waals surface area contributed by atoms with Crippen LogP contribution in [0.2, 0.25) is 5.02 Å². The molecule has 1 aromatic heterocycles. The molecule has 11 nitrogen and oxygen atoms in total. The van der Waals surface area contributed by atoms with E-state index in [1.807, 2.05) is 24.3 Å². The summed E-state index contributed by atoms with van der Waals surface area (Å²) in [6.07, 6.45) is 0.727. The number of amides is 3. The average Bonchev–Trinajstić information content (AvgIpc) is 3.80. The number of halogens is 1. The van der Waals surface area contributed by atoms with E-state index in [1.54, 1.807) is 31.4 Å². The molecule has 2 bridgehead atoms. The lowest BCUT2D eigenvalue weighted by Gasteiger charge is -2.43. The Bertz CT molecular complexity index is 2190. The SMILES string of the molecule is COc1ccc(C2c3sc(=O)n(CC(=O)Nc4ccc(S(N)(=O)=O)cc4)c3SC3C4CC(C5C(=O)N(c6ccc(Cl)cc6)C(=O)C45)C23)cc1. The second-order valence-electron chi connectivity index (χ2n) is 12.8. The highest BCUT2D eigenvalue weighted by atomic mass is 35.5. The van der Waals surface area contributed by atoms with Gasteiger partial charge in [0.15, 0.2) is 0 Å². The zero-order valence-electron chi connectivity index (χ0n) is 25.8. The highest BCUT2D eigenvalue weighted by Crippen LogP contribution is 2.69. The van der Waals surface area contributed by atoms with Gasteiger partial charge in [0.25, 0.3) is 0 Å². The molecule has 0 radical (unpaired) electrons. The van der Waals surface area contributed by atoms with Crippen molar-refractivity contribution in [3.05, 3.63) is 97.9 Å². The number of benzene rings is 3. The number of rotatable bonds is 7. The van der Waals surface area contributed by atoms with Crippen LogP contribution in [0.5, 0.6) is 5.75 Å². The maximum atomic E-state index is 14.0. The fourth-order valence-electron chi connectivity index (χ4n) is 8.36. The Morgan fingerprint density at radius 1 is 0.959 bits per heavy atom. The van der Waals surface area contributed by atoms with Crippen LogP contribution in [0.15, 0.2) is 87.5 Å². The minimum Gasteiger partial charge on any atom is -0.497 e. The Hall–Kier alpha value is -3.95. The van der Waals surface area contributed by atoms with Gasteiger partial charge in [0.1, 0.15) is 12.3 Å². The summed E-state index contributed by atoms with van der Waals surface area (Å²) < 4.78 is 30.2. The van der Waals surface area contributed by atoms with Crippen molar-refractivity contribution in [2.24, 2.45) is 34.7 Å². The summed E-state index contributed by atoms with van der Waals surface area (Å²) in [5, 5.41) is 9.06. The summed E-state index contributed by atoms with van der Waals surface area (Å²) >= 11 is 8.74. The van der Waals surface area contributed by atoms with E-state index in [-0.39, 0.29) is 57.0 Å². The van der Waals surface area contributed by atoms with E-state index in [0.29, 0.717) is 27.2 Å². The van der Waals surface area contributed by atoms with Gasteiger partial charge in [-0.1, -0.05) is 35.1 Å². The highest BCUT2D eigenvalue weighted by Gasteiger charge is 2.69. The van der Waals surface area contributed by atoms with Crippen molar-refractivity contribution in [2.75, 3.05) is 17.3 Å². The van der Waals surface area contributed by atoms with Gasteiger partial charge in [-0.15, -0.1) is 11.8 Å². The molecule has 7 atom stereocenters. The van der Waals surface area contributed by atoms with Gasteiger partial charge in [0.05, 0.1) is 34.6 Å². The first-order valence-electron chi connectivity index (χ1n) is 15.5. The molecule has 4 aromatic rings. The topological polar surface area (TPSA) is 158 Å². The summed E-state index contributed by atoms with van der Waals surface area (Å²) in [4.78, 5) is 56.7. The lowest BCUT2D eigenvalue weighted by atomic mass is 9.68. The van der Waals surface area contributed by atoms with Gasteiger partial charge in [0.2, 0.25) is 27.7 Å². The van der Waals surface area contributed by atoms with Crippen molar-refractivity contribution in [1.82, 2.24) is 4.57 Å². The fourth-order valence-corrected chi connectivity index (χ4v) is 12.1. The van der Waals surface area contributed by atoms with Gasteiger partial charge < -0.3 is 10.1 Å². The monoisotopic (exact) mass is 736 g/mol. The molecule has 7 unspecified atom stereocenters. The van der Waals surface area contributed by atoms with E-state index < -0.39 is 27.8 Å². The molecule has 3 heterocycles. The van der Waals surface area contributed by atoms with Gasteiger partial charge in [-0.05, 0) is 90.4 Å². The summed E-state index contributed by atoms with van der Waals surface area (Å²) in [6, 6.07) is 19.9. The molecular weight excluding hydrogens is 708 g/mol. The first kappa shape index (κ1) is 32.3. The number of ether oxygens (including phenoxy) is 1. The number of imide groups is 1. The zero-order chi connectivity index (χ0) is 34.4. The first-order chi connectivity index (χ1) is 23.4. The van der Waals surface area contributed by atoms with E-state index in [1.165, 1.54) is 45.5 Å². The van der Waals surface area contributed by atoms with Crippen LogP contribution in [0.3, 0.4) is 0 Å². The summed E-state index contributed by atoms with van der Waals surface area (Å²) in [5.74, 6) is -1.51. The standard InChI is InChI=1S/C34H29ClN4O7S3/c1-46-20-10-2-16(3-11-20)25-26-22-14-23(28-27(22)31(41)39(32(28)42)19-8-4-17(35)5-9-19)29(26)47-33-30(25)48-34(43)38(33)15-24(40)37-18-6-12-21(13-7-18)49(36,44)45/h2-13,22-23,25-29H,14-15H2,1H3,(H,37,40)(H2,36,44,45). The Kier molecular flexibility index (Phi) is 7.79. The molecule has 2 aliphatic carbocycles. The van der Waals surface area contributed by atoms with E-state index >= 15 is 0 Å². The van der Waals surface area contributed by atoms with Crippen molar-refractivity contribution >= 4 is 73.8 Å². The molecule has 15 heteroatoms. The third-order valence-corrected chi connectivity index (χ3v) is 14.2. The van der Waals surface area contributed by atoms with E-state index in [2.05, 4.69) is 5.32 Å². The van der Waals surface area contributed by atoms with Gasteiger partial charge in [-0.25, -0.2) is 13.6 Å². The predicted molar refractivity (Wildman–Crippen MR) is 186 cm³/mol. The number of sulfonamides is 1. The molecule has 8 rings (SSSR count). The minimum absolute atomic E-state index is 0.0169. The number of carbonyl (C=O) groups is 3. The second kappa shape index (κ2) is 11.8. The first-order valence-corrected chi connectivity index (χ1v) is 19.2. The van der Waals surface area contributed by atoms with Gasteiger partial charge in [-0.3, -0.25) is 28.6 Å². The lowest BCUT2D eigenvalue weighted by molar-refractivity contribution is -0.123. The molecule has 1 saturated heterocycles. The maximum Gasteiger partial charge on any atom is 0.308 e. The Labute approximate surface area is 294 Å². The summed E-state index contributed by atoms with van der Waals surface area (Å²) in [5.41, 5.74) is 1.83. The molecule has 3 N–H and O–H groups in total. The second-order valence-corrected chi connectivity index (χ2v) is 16.9. The summed E-state index contributed by atoms with van der Waals surface area (Å²) in [7, 11) is -2.30. The predicted octanol–water partition coefficient (Wildman–Crippen LogP) is 4.54. The third kappa shape index (κ3) is 5.23. The molecule has 2 aliphatic heterocycles. The lowest BCUT2D eigenvalue weighted by Crippen LogP contribution is -2.43. The quantitative estimate of drug-likeness (QED) is 0.262. The molecule has 2 saturated carbocycles. The minimum atomic E-state index is -3.89. The molecule has 0 spiro atoms. The number of methoxy groups -OCH3 is 1. The fraction of sp³-hybridized carbons (Fsp3) is 0.294. The number of nitrogens with one attached hydrogen (secondary N) is 1. The number of anilines is 2. The van der Waals surface area contributed by atoms with Crippen molar-refractivity contribution < 1.29 is 27.5 Å². The van der Waals surface area contributed by atoms with Crippen LogP contribution in [0, 0.1) is 29.6 Å². The van der Waals surface area contributed by atoms with Crippen molar-refractivity contribution in [3.8, 4) is 5.75 Å². The average molecular weight is 737 g/mol. The molecule has 3 fully saturated rings. The molecule has 252 valence electrons. The van der Waals surface area contributed by atoms with Crippen molar-refractivity contribution in [3.63, 3.8) is 0 Å². The number of fused-ring (bicyclic) bond motifs is 9. The molecule has 3 aromatic carbocycles. The Balaban J connectivity index is 1.15. The molecular formula is C34H29ClN4O7S3. The van der Waals surface area contributed by atoms with Crippen LogP contribution in [0.4, 0.5) is 11.4 Å². The molecule has 49 heavy (non-hydrogen) atoms. The van der Waals surface area contributed by atoms with Crippen molar-refractivity contribution in [1.29, 1.82) is 0 Å². The molecule has 3 amide bonds. The number of carbonyl (C=O) groups excluding carboxylic acids is 3.